The Balaban J connectivity index is 1.53. The van der Waals surface area contributed by atoms with Crippen molar-refractivity contribution in [2.24, 2.45) is 0 Å². The van der Waals surface area contributed by atoms with E-state index in [1.165, 1.54) is 15.3 Å². The number of aryl methyl sites for hydroxylation is 2. The smallest absolute Gasteiger partial charge is 0.349 e. The Hall–Kier alpha value is -2.97. The quantitative estimate of drug-likeness (QED) is 0.601. The topological polar surface area (TPSA) is 87.9 Å². The van der Waals surface area contributed by atoms with E-state index < -0.39 is 21.6 Å². The van der Waals surface area contributed by atoms with Crippen LogP contribution in [0.1, 0.15) is 21.5 Å². The Kier molecular flexibility index (Phi) is 5.21. The molecule has 2 heterocycles. The summed E-state index contributed by atoms with van der Waals surface area (Å²) < 4.78 is 32.8. The number of sulfonamides is 1. The molecule has 30 heavy (non-hydrogen) atoms. The highest BCUT2D eigenvalue weighted by atomic mass is 32.2. The molecule has 2 aromatic carbocycles. The third kappa shape index (κ3) is 3.64. The number of hydrogen-bond acceptors (Lipinski definition) is 5. The molecule has 7 nitrogen and oxygen atoms in total. The molecular weight excluding hydrogens is 404 g/mol. The number of benzene rings is 2. The number of carbonyl (C=O) groups excluding carboxylic acids is 1. The summed E-state index contributed by atoms with van der Waals surface area (Å²) in [6.07, 6.45) is 0. The molecular formula is C22H22N2O5S. The van der Waals surface area contributed by atoms with E-state index in [2.05, 4.69) is 0 Å². The third-order valence-electron chi connectivity index (χ3n) is 5.36. The molecule has 1 aromatic heterocycles. The van der Waals surface area contributed by atoms with Gasteiger partial charge in [-0.05, 0) is 43.2 Å². The number of hydrogen-bond donors (Lipinski definition) is 0. The fraction of sp³-hybridized carbons (Fsp3) is 0.273. The molecule has 1 fully saturated rings. The largest absolute Gasteiger partial charge is 0.422 e. The lowest BCUT2D eigenvalue weighted by Crippen LogP contribution is -2.51. The number of piperazine rings is 1. The minimum atomic E-state index is -3.65. The van der Waals surface area contributed by atoms with Crippen LogP contribution < -0.4 is 5.63 Å². The lowest BCUT2D eigenvalue weighted by molar-refractivity contribution is 0.0693. The number of nitrogens with zero attached hydrogens (tertiary/aromatic N) is 2. The maximum absolute atomic E-state index is 13.1. The van der Waals surface area contributed by atoms with Gasteiger partial charge in [0, 0.05) is 31.6 Å². The maximum Gasteiger partial charge on any atom is 0.349 e. The van der Waals surface area contributed by atoms with Crippen molar-refractivity contribution >= 4 is 26.9 Å². The van der Waals surface area contributed by atoms with Crippen LogP contribution in [0, 0.1) is 13.8 Å². The molecule has 156 valence electrons. The van der Waals surface area contributed by atoms with E-state index in [9.17, 15) is 18.0 Å². The molecule has 0 saturated carbocycles. The molecule has 1 aliphatic heterocycles. The first kappa shape index (κ1) is 20.3. The van der Waals surface area contributed by atoms with Gasteiger partial charge in [-0.15, -0.1) is 0 Å². The summed E-state index contributed by atoms with van der Waals surface area (Å²) in [7, 11) is -3.65. The summed E-state index contributed by atoms with van der Waals surface area (Å²) in [4.78, 5) is 26.9. The standard InChI is InChI=1S/C22H22N2O5S/c1-15-7-8-16(2)20(13-15)30(27,28)24-11-9-23(10-12-24)21(25)18-14-17-5-3-4-6-19(17)29-22(18)26/h3-8,13-14H,9-12H2,1-2H3. The van der Waals surface area contributed by atoms with Crippen LogP contribution in [-0.2, 0) is 10.0 Å². The van der Waals surface area contributed by atoms with Crippen LogP contribution in [0.2, 0.25) is 0 Å². The van der Waals surface area contributed by atoms with Crippen molar-refractivity contribution in [1.82, 2.24) is 9.21 Å². The minimum Gasteiger partial charge on any atom is -0.422 e. The van der Waals surface area contributed by atoms with E-state index in [-0.39, 0.29) is 36.6 Å². The van der Waals surface area contributed by atoms with Crippen molar-refractivity contribution < 1.29 is 17.6 Å². The van der Waals surface area contributed by atoms with Crippen molar-refractivity contribution in [2.45, 2.75) is 18.7 Å². The van der Waals surface area contributed by atoms with Gasteiger partial charge in [0.2, 0.25) is 10.0 Å². The highest BCUT2D eigenvalue weighted by Gasteiger charge is 2.32. The summed E-state index contributed by atoms with van der Waals surface area (Å²) in [6.45, 7) is 4.36. The minimum absolute atomic E-state index is 0.0421. The number of fused-ring (bicyclic) bond motifs is 1. The predicted octanol–water partition coefficient (Wildman–Crippen LogP) is 2.56. The summed E-state index contributed by atoms with van der Waals surface area (Å²) in [5, 5.41) is 0.664. The van der Waals surface area contributed by atoms with Gasteiger partial charge in [0.05, 0.1) is 4.90 Å². The van der Waals surface area contributed by atoms with E-state index in [0.717, 1.165) is 5.56 Å². The van der Waals surface area contributed by atoms with Crippen LogP contribution in [0.3, 0.4) is 0 Å². The molecule has 3 aromatic rings. The van der Waals surface area contributed by atoms with Crippen LogP contribution in [0.25, 0.3) is 11.0 Å². The van der Waals surface area contributed by atoms with Crippen LogP contribution in [0.5, 0.6) is 0 Å². The number of amides is 1. The summed E-state index contributed by atoms with van der Waals surface area (Å²) in [6, 6.07) is 13.9. The molecule has 1 amide bonds. The molecule has 1 aliphatic rings. The zero-order chi connectivity index (χ0) is 21.5. The van der Waals surface area contributed by atoms with Crippen molar-refractivity contribution in [3.63, 3.8) is 0 Å². The van der Waals surface area contributed by atoms with Crippen molar-refractivity contribution in [2.75, 3.05) is 26.2 Å². The molecule has 0 atom stereocenters. The normalized spacial score (nSPS) is 15.5. The Morgan fingerprint density at radius 2 is 1.67 bits per heavy atom. The van der Waals surface area contributed by atoms with Gasteiger partial charge in [-0.25, -0.2) is 13.2 Å². The average molecular weight is 426 g/mol. The average Bonchev–Trinajstić information content (AvgIpc) is 2.74. The lowest BCUT2D eigenvalue weighted by Gasteiger charge is -2.34. The molecule has 0 N–H and O–H groups in total. The van der Waals surface area contributed by atoms with Gasteiger partial charge in [0.25, 0.3) is 5.91 Å². The molecule has 0 radical (unpaired) electrons. The van der Waals surface area contributed by atoms with Crippen LogP contribution in [-0.4, -0.2) is 49.7 Å². The van der Waals surface area contributed by atoms with Crippen LogP contribution in [0.4, 0.5) is 0 Å². The molecule has 8 heteroatoms. The number of para-hydroxylation sites is 1. The summed E-state index contributed by atoms with van der Waals surface area (Å²) in [5.74, 6) is -0.446. The second-order valence-corrected chi connectivity index (χ2v) is 9.36. The molecule has 0 aliphatic carbocycles. The zero-order valence-corrected chi connectivity index (χ0v) is 17.6. The maximum atomic E-state index is 13.1. The first-order valence-corrected chi connectivity index (χ1v) is 11.1. The first-order chi connectivity index (χ1) is 14.3. The van der Waals surface area contributed by atoms with Gasteiger partial charge in [-0.3, -0.25) is 4.79 Å². The number of rotatable bonds is 3. The Morgan fingerprint density at radius 3 is 2.40 bits per heavy atom. The van der Waals surface area contributed by atoms with Gasteiger partial charge in [-0.1, -0.05) is 30.3 Å². The van der Waals surface area contributed by atoms with Crippen molar-refractivity contribution in [3.05, 3.63) is 75.6 Å². The van der Waals surface area contributed by atoms with Crippen molar-refractivity contribution in [1.29, 1.82) is 0 Å². The zero-order valence-electron chi connectivity index (χ0n) is 16.8. The molecule has 0 spiro atoms. The second kappa shape index (κ2) is 7.70. The monoisotopic (exact) mass is 426 g/mol. The van der Waals surface area contributed by atoms with Gasteiger partial charge >= 0.3 is 5.63 Å². The third-order valence-corrected chi connectivity index (χ3v) is 7.40. The molecule has 4 rings (SSSR count). The van der Waals surface area contributed by atoms with E-state index in [0.29, 0.717) is 16.5 Å². The molecule has 0 bridgehead atoms. The second-order valence-electron chi connectivity index (χ2n) is 7.45. The van der Waals surface area contributed by atoms with Crippen LogP contribution >= 0.6 is 0 Å². The van der Waals surface area contributed by atoms with E-state index in [4.69, 9.17) is 4.42 Å². The highest BCUT2D eigenvalue weighted by Crippen LogP contribution is 2.23. The Bertz CT molecular complexity index is 1290. The lowest BCUT2D eigenvalue weighted by atomic mass is 10.1. The van der Waals surface area contributed by atoms with Crippen LogP contribution in [0.15, 0.2) is 62.6 Å². The van der Waals surface area contributed by atoms with E-state index >= 15 is 0 Å². The summed E-state index contributed by atoms with van der Waals surface area (Å²) >= 11 is 0. The summed E-state index contributed by atoms with van der Waals surface area (Å²) in [5.41, 5.74) is 1.25. The molecule has 0 unspecified atom stereocenters. The van der Waals surface area contributed by atoms with E-state index in [1.54, 1.807) is 43.3 Å². The predicted molar refractivity (Wildman–Crippen MR) is 113 cm³/mol. The van der Waals surface area contributed by atoms with Gasteiger partial charge < -0.3 is 9.32 Å². The van der Waals surface area contributed by atoms with Gasteiger partial charge in [0.15, 0.2) is 0 Å². The Morgan fingerprint density at radius 1 is 0.967 bits per heavy atom. The first-order valence-electron chi connectivity index (χ1n) is 9.67. The highest BCUT2D eigenvalue weighted by molar-refractivity contribution is 7.89. The van der Waals surface area contributed by atoms with Gasteiger partial charge in [-0.2, -0.15) is 4.31 Å². The fourth-order valence-corrected chi connectivity index (χ4v) is 5.37. The fourth-order valence-electron chi connectivity index (χ4n) is 3.64. The van der Waals surface area contributed by atoms with Crippen molar-refractivity contribution in [3.8, 4) is 0 Å². The van der Waals surface area contributed by atoms with E-state index in [1.807, 2.05) is 13.0 Å². The SMILES string of the molecule is Cc1ccc(C)c(S(=O)(=O)N2CCN(C(=O)c3cc4ccccc4oc3=O)CC2)c1. The Labute approximate surface area is 174 Å². The number of carbonyl (C=O) groups is 1. The van der Waals surface area contributed by atoms with Gasteiger partial charge in [0.1, 0.15) is 11.1 Å². The molecule has 1 saturated heterocycles.